The first-order valence-electron chi connectivity index (χ1n) is 12.2. The second-order valence-electron chi connectivity index (χ2n) is 8.79. The zero-order chi connectivity index (χ0) is 21.6. The summed E-state index contributed by atoms with van der Waals surface area (Å²) in [6, 6.07) is 3.96. The van der Waals surface area contributed by atoms with Gasteiger partial charge in [0, 0.05) is 0 Å². The Labute approximate surface area is 178 Å². The van der Waals surface area contributed by atoms with E-state index >= 15 is 0 Å². The van der Waals surface area contributed by atoms with Gasteiger partial charge in [0.2, 0.25) is 0 Å². The molecule has 0 aliphatic carbocycles. The molecular formula is C23H50O3Si2. The molecule has 0 saturated carbocycles. The van der Waals surface area contributed by atoms with Gasteiger partial charge in [-0.2, -0.15) is 0 Å². The third-order valence-electron chi connectivity index (χ3n) is 7.24. The lowest BCUT2D eigenvalue weighted by atomic mass is 10.2. The van der Waals surface area contributed by atoms with Gasteiger partial charge in [0.15, 0.2) is 0 Å². The van der Waals surface area contributed by atoms with E-state index in [1.807, 2.05) is 0 Å². The van der Waals surface area contributed by atoms with Crippen molar-refractivity contribution >= 4 is 22.8 Å². The van der Waals surface area contributed by atoms with Crippen LogP contribution in [0.3, 0.4) is 0 Å². The minimum atomic E-state index is -2.10. The smallest absolute Gasteiger partial charge is 0.480 e. The van der Waals surface area contributed by atoms with Crippen LogP contribution in [0.5, 0.6) is 0 Å². The SMILES string of the molecule is CCCCCC(C)[Si](CC)(CC)OC(=O)O[Si](CC)(CC)C(C)CCCCC. The Balaban J connectivity index is 5.16. The number of carbonyl (C=O) groups excluding carboxylic acids is 1. The van der Waals surface area contributed by atoms with Crippen LogP contribution in [0.15, 0.2) is 0 Å². The van der Waals surface area contributed by atoms with Crippen LogP contribution in [0.2, 0.25) is 35.3 Å². The lowest BCUT2D eigenvalue weighted by Crippen LogP contribution is -2.48. The van der Waals surface area contributed by atoms with E-state index in [1.54, 1.807) is 0 Å². The van der Waals surface area contributed by atoms with Crippen molar-refractivity contribution in [2.45, 2.75) is 142 Å². The van der Waals surface area contributed by atoms with Crippen LogP contribution < -0.4 is 0 Å². The van der Waals surface area contributed by atoms with Crippen LogP contribution in [0.25, 0.3) is 0 Å². The monoisotopic (exact) mass is 430 g/mol. The molecule has 0 rings (SSSR count). The van der Waals surface area contributed by atoms with Crippen LogP contribution >= 0.6 is 0 Å². The molecule has 2 unspecified atom stereocenters. The van der Waals surface area contributed by atoms with E-state index in [0.717, 1.165) is 24.2 Å². The first-order chi connectivity index (χ1) is 13.3. The topological polar surface area (TPSA) is 35.5 Å². The Bertz CT molecular complexity index is 371. The molecule has 0 saturated heterocycles. The van der Waals surface area contributed by atoms with Crippen LogP contribution in [-0.4, -0.2) is 22.8 Å². The summed E-state index contributed by atoms with van der Waals surface area (Å²) in [7, 11) is -4.21. The molecular weight excluding hydrogens is 380 g/mol. The van der Waals surface area contributed by atoms with E-state index < -0.39 is 16.6 Å². The summed E-state index contributed by atoms with van der Waals surface area (Å²) in [6.07, 6.45) is 9.49. The van der Waals surface area contributed by atoms with E-state index in [2.05, 4.69) is 55.4 Å². The molecule has 168 valence electrons. The summed E-state index contributed by atoms with van der Waals surface area (Å²) < 4.78 is 12.6. The van der Waals surface area contributed by atoms with Gasteiger partial charge in [-0.25, -0.2) is 4.79 Å². The van der Waals surface area contributed by atoms with Gasteiger partial charge in [0.1, 0.15) is 0 Å². The van der Waals surface area contributed by atoms with Crippen molar-refractivity contribution in [2.24, 2.45) is 0 Å². The zero-order valence-corrected chi connectivity index (χ0v) is 22.4. The predicted octanol–water partition coefficient (Wildman–Crippen LogP) is 9.05. The molecule has 0 aliphatic rings. The minimum Gasteiger partial charge on any atom is -0.490 e. The molecule has 3 nitrogen and oxygen atoms in total. The fraction of sp³-hybridized carbons (Fsp3) is 0.957. The lowest BCUT2D eigenvalue weighted by Gasteiger charge is -2.38. The molecule has 0 aromatic rings. The Hall–Kier alpha value is -0.296. The molecule has 28 heavy (non-hydrogen) atoms. The molecule has 0 spiro atoms. The molecule has 0 heterocycles. The van der Waals surface area contributed by atoms with E-state index in [4.69, 9.17) is 8.85 Å². The molecule has 0 aromatic heterocycles. The third-order valence-corrected chi connectivity index (χ3v) is 17.3. The fourth-order valence-corrected chi connectivity index (χ4v) is 11.7. The number of hydrogen-bond donors (Lipinski definition) is 0. The summed E-state index contributed by atoms with van der Waals surface area (Å²) in [6.45, 7) is 17.9. The number of rotatable bonds is 16. The standard InChI is InChI=1S/C23H50O3Si2/c1-9-15-17-19-21(7)27(11-3,12-4)25-23(24)26-28(13-5,14-6)22(8)20-18-16-10-2/h21-22H,9-20H2,1-8H3. The first kappa shape index (κ1) is 27.7. The van der Waals surface area contributed by atoms with Crippen LogP contribution in [0, 0.1) is 0 Å². The average molecular weight is 431 g/mol. The quantitative estimate of drug-likeness (QED) is 0.181. The number of carbonyl (C=O) groups is 1. The molecule has 5 heteroatoms. The maximum atomic E-state index is 13.0. The normalized spacial score (nSPS) is 14.6. The van der Waals surface area contributed by atoms with E-state index in [9.17, 15) is 4.79 Å². The van der Waals surface area contributed by atoms with Gasteiger partial charge in [-0.3, -0.25) is 0 Å². The largest absolute Gasteiger partial charge is 0.490 e. The molecule has 2 atom stereocenters. The Morgan fingerprint density at radius 2 is 0.964 bits per heavy atom. The van der Waals surface area contributed by atoms with Gasteiger partial charge < -0.3 is 8.85 Å². The van der Waals surface area contributed by atoms with Crippen molar-refractivity contribution in [3.05, 3.63) is 0 Å². The molecule has 0 bridgehead atoms. The van der Waals surface area contributed by atoms with Crippen molar-refractivity contribution < 1.29 is 13.6 Å². The Morgan fingerprint density at radius 3 is 1.21 bits per heavy atom. The van der Waals surface area contributed by atoms with Crippen molar-refractivity contribution in [1.82, 2.24) is 0 Å². The highest BCUT2D eigenvalue weighted by atomic mass is 28.4. The maximum absolute atomic E-state index is 13.0. The number of hydrogen-bond acceptors (Lipinski definition) is 3. The third kappa shape index (κ3) is 8.21. The maximum Gasteiger partial charge on any atom is 0.480 e. The average Bonchev–Trinajstić information content (AvgIpc) is 2.70. The summed E-state index contributed by atoms with van der Waals surface area (Å²) in [5.74, 6) is 0. The van der Waals surface area contributed by atoms with E-state index in [1.165, 1.54) is 51.4 Å². The summed E-state index contributed by atoms with van der Waals surface area (Å²) >= 11 is 0. The molecule has 0 aromatic carbocycles. The summed E-state index contributed by atoms with van der Waals surface area (Å²) in [5.41, 5.74) is 1.01. The van der Waals surface area contributed by atoms with E-state index in [0.29, 0.717) is 11.1 Å². The van der Waals surface area contributed by atoms with Gasteiger partial charge >= 0.3 is 6.16 Å². The van der Waals surface area contributed by atoms with Gasteiger partial charge in [-0.1, -0.05) is 93.9 Å². The second-order valence-corrected chi connectivity index (χ2v) is 18.3. The summed E-state index contributed by atoms with van der Waals surface area (Å²) in [4.78, 5) is 13.0. The summed E-state index contributed by atoms with van der Waals surface area (Å²) in [5, 5.41) is 0. The van der Waals surface area contributed by atoms with Gasteiger partial charge in [0.05, 0.1) is 0 Å². The Kier molecular flexibility index (Phi) is 14.5. The highest BCUT2D eigenvalue weighted by Crippen LogP contribution is 2.38. The molecule has 0 aliphatic heterocycles. The highest BCUT2D eigenvalue weighted by Gasteiger charge is 2.45. The van der Waals surface area contributed by atoms with Gasteiger partial charge in [-0.05, 0) is 48.1 Å². The van der Waals surface area contributed by atoms with Gasteiger partial charge in [-0.15, -0.1) is 0 Å². The fourth-order valence-electron chi connectivity index (χ4n) is 4.66. The van der Waals surface area contributed by atoms with Crippen molar-refractivity contribution in [3.63, 3.8) is 0 Å². The second kappa shape index (κ2) is 14.6. The van der Waals surface area contributed by atoms with Crippen LogP contribution in [-0.2, 0) is 8.85 Å². The lowest BCUT2D eigenvalue weighted by molar-refractivity contribution is 0.141. The van der Waals surface area contributed by atoms with Gasteiger partial charge in [0.25, 0.3) is 16.6 Å². The predicted molar refractivity (Wildman–Crippen MR) is 128 cm³/mol. The van der Waals surface area contributed by atoms with Crippen LogP contribution in [0.4, 0.5) is 4.79 Å². The molecule has 0 amide bonds. The zero-order valence-electron chi connectivity index (χ0n) is 20.4. The first-order valence-corrected chi connectivity index (χ1v) is 17.0. The molecule has 0 N–H and O–H groups in total. The highest BCUT2D eigenvalue weighted by molar-refractivity contribution is 6.78. The number of unbranched alkanes of at least 4 members (excludes halogenated alkanes) is 4. The molecule has 0 radical (unpaired) electrons. The van der Waals surface area contributed by atoms with E-state index in [-0.39, 0.29) is 6.16 Å². The minimum absolute atomic E-state index is 0.338. The van der Waals surface area contributed by atoms with Crippen molar-refractivity contribution in [1.29, 1.82) is 0 Å². The van der Waals surface area contributed by atoms with Crippen molar-refractivity contribution in [2.75, 3.05) is 0 Å². The molecule has 0 fully saturated rings. The Morgan fingerprint density at radius 1 is 0.643 bits per heavy atom. The van der Waals surface area contributed by atoms with Crippen molar-refractivity contribution in [3.8, 4) is 0 Å². The van der Waals surface area contributed by atoms with Crippen LogP contribution in [0.1, 0.15) is 107 Å².